The van der Waals surface area contributed by atoms with Gasteiger partial charge in [0.2, 0.25) is 0 Å². The molecular formula is C58H104O6. The summed E-state index contributed by atoms with van der Waals surface area (Å²) in [5.74, 6) is -0.930. The van der Waals surface area contributed by atoms with Crippen LogP contribution in [0, 0.1) is 0 Å². The summed E-state index contributed by atoms with van der Waals surface area (Å²) in [4.78, 5) is 37.8. The second kappa shape index (κ2) is 53.0. The van der Waals surface area contributed by atoms with Gasteiger partial charge in [-0.3, -0.25) is 14.4 Å². The number of hydrogen-bond acceptors (Lipinski definition) is 6. The maximum absolute atomic E-state index is 12.7. The zero-order valence-corrected chi connectivity index (χ0v) is 42.6. The summed E-state index contributed by atoms with van der Waals surface area (Å²) in [7, 11) is 0. The number of carbonyl (C=O) groups is 3. The average Bonchev–Trinajstić information content (AvgIpc) is 3.29. The van der Waals surface area contributed by atoms with Crippen LogP contribution in [0.4, 0.5) is 0 Å². The van der Waals surface area contributed by atoms with Gasteiger partial charge in [-0.05, 0) is 57.8 Å². The number of carbonyl (C=O) groups excluding carboxylic acids is 3. The van der Waals surface area contributed by atoms with E-state index in [1.54, 1.807) is 0 Å². The Labute approximate surface area is 397 Å². The molecule has 0 rings (SSSR count). The van der Waals surface area contributed by atoms with Crippen LogP contribution in [0.1, 0.15) is 284 Å². The minimum Gasteiger partial charge on any atom is -0.462 e. The molecule has 0 aromatic heterocycles. The molecule has 0 aliphatic carbocycles. The van der Waals surface area contributed by atoms with Gasteiger partial charge in [0.25, 0.3) is 0 Å². The number of unbranched alkanes of at least 4 members (excludes halogenated alkanes) is 31. The van der Waals surface area contributed by atoms with E-state index < -0.39 is 6.10 Å². The molecule has 1 atom stereocenters. The van der Waals surface area contributed by atoms with Crippen molar-refractivity contribution in [2.24, 2.45) is 0 Å². The van der Waals surface area contributed by atoms with Crippen molar-refractivity contribution in [2.75, 3.05) is 13.2 Å². The van der Waals surface area contributed by atoms with E-state index in [1.165, 1.54) is 161 Å². The lowest BCUT2D eigenvalue weighted by Crippen LogP contribution is -2.30. The molecule has 0 spiro atoms. The summed E-state index contributed by atoms with van der Waals surface area (Å²) in [6.45, 7) is 6.45. The van der Waals surface area contributed by atoms with Crippen LogP contribution in [0.3, 0.4) is 0 Å². The fourth-order valence-electron chi connectivity index (χ4n) is 7.96. The lowest BCUT2D eigenvalue weighted by molar-refractivity contribution is -0.167. The predicted molar refractivity (Wildman–Crippen MR) is 275 cm³/mol. The number of ether oxygens (including phenoxy) is 3. The highest BCUT2D eigenvalue weighted by atomic mass is 16.6. The zero-order chi connectivity index (χ0) is 46.5. The Kier molecular flexibility index (Phi) is 50.8. The van der Waals surface area contributed by atoms with Crippen molar-refractivity contribution >= 4 is 17.9 Å². The summed E-state index contributed by atoms with van der Waals surface area (Å²) in [6.07, 6.45) is 64.4. The van der Waals surface area contributed by atoms with Crippen LogP contribution in [0.25, 0.3) is 0 Å². The highest BCUT2D eigenvalue weighted by molar-refractivity contribution is 5.71. The van der Waals surface area contributed by atoms with Crippen molar-refractivity contribution in [3.8, 4) is 0 Å². The lowest BCUT2D eigenvalue weighted by atomic mass is 10.0. The van der Waals surface area contributed by atoms with Gasteiger partial charge in [0.15, 0.2) is 6.10 Å². The van der Waals surface area contributed by atoms with E-state index in [1.807, 2.05) is 0 Å². The fraction of sp³-hybridized carbons (Fsp3) is 0.810. The molecule has 1 unspecified atom stereocenters. The van der Waals surface area contributed by atoms with Crippen molar-refractivity contribution in [2.45, 2.75) is 290 Å². The van der Waals surface area contributed by atoms with Gasteiger partial charge >= 0.3 is 17.9 Å². The first-order valence-electron chi connectivity index (χ1n) is 27.6. The van der Waals surface area contributed by atoms with Crippen LogP contribution >= 0.6 is 0 Å². The minimum atomic E-state index is -0.789. The summed E-state index contributed by atoms with van der Waals surface area (Å²) < 4.78 is 16.7. The molecule has 0 aromatic carbocycles. The molecule has 0 bridgehead atoms. The van der Waals surface area contributed by atoms with Gasteiger partial charge in [-0.2, -0.15) is 0 Å². The number of allylic oxidation sites excluding steroid dienone is 8. The normalized spacial score (nSPS) is 12.4. The molecule has 0 radical (unpaired) electrons. The molecule has 0 saturated heterocycles. The number of rotatable bonds is 50. The van der Waals surface area contributed by atoms with Gasteiger partial charge in [-0.15, -0.1) is 0 Å². The van der Waals surface area contributed by atoms with Crippen molar-refractivity contribution in [1.82, 2.24) is 0 Å². The quantitative estimate of drug-likeness (QED) is 0.0262. The van der Waals surface area contributed by atoms with Crippen molar-refractivity contribution < 1.29 is 28.6 Å². The molecule has 6 nitrogen and oxygen atoms in total. The first kappa shape index (κ1) is 61.4. The molecule has 0 N–H and O–H groups in total. The van der Waals surface area contributed by atoms with E-state index in [-0.39, 0.29) is 37.5 Å². The lowest BCUT2D eigenvalue weighted by Gasteiger charge is -2.18. The van der Waals surface area contributed by atoms with Gasteiger partial charge in [-0.1, -0.05) is 256 Å². The maximum Gasteiger partial charge on any atom is 0.306 e. The maximum atomic E-state index is 12.7. The number of esters is 3. The van der Waals surface area contributed by atoms with E-state index >= 15 is 0 Å². The average molecular weight is 897 g/mol. The largest absolute Gasteiger partial charge is 0.462 e. The van der Waals surface area contributed by atoms with E-state index in [4.69, 9.17) is 14.2 Å². The highest BCUT2D eigenvalue weighted by Crippen LogP contribution is 2.17. The third-order valence-electron chi connectivity index (χ3n) is 12.1. The van der Waals surface area contributed by atoms with Gasteiger partial charge in [0.1, 0.15) is 13.2 Å². The molecule has 0 aliphatic heterocycles. The molecule has 6 heteroatoms. The molecule has 372 valence electrons. The first-order chi connectivity index (χ1) is 31.5. The third-order valence-corrected chi connectivity index (χ3v) is 12.1. The van der Waals surface area contributed by atoms with Gasteiger partial charge in [0, 0.05) is 19.3 Å². The van der Waals surface area contributed by atoms with Crippen LogP contribution in [0.2, 0.25) is 0 Å². The Morgan fingerprint density at radius 3 is 0.953 bits per heavy atom. The topological polar surface area (TPSA) is 78.9 Å². The van der Waals surface area contributed by atoms with Gasteiger partial charge in [0.05, 0.1) is 0 Å². The highest BCUT2D eigenvalue weighted by Gasteiger charge is 2.19. The van der Waals surface area contributed by atoms with E-state index in [0.717, 1.165) is 77.0 Å². The second-order valence-electron chi connectivity index (χ2n) is 18.5. The summed E-state index contributed by atoms with van der Waals surface area (Å²) in [5, 5.41) is 0. The van der Waals surface area contributed by atoms with Crippen molar-refractivity contribution in [3.05, 3.63) is 48.6 Å². The number of hydrogen-bond donors (Lipinski definition) is 0. The van der Waals surface area contributed by atoms with Crippen molar-refractivity contribution in [1.29, 1.82) is 0 Å². The van der Waals surface area contributed by atoms with E-state index in [2.05, 4.69) is 69.4 Å². The molecule has 0 saturated carbocycles. The van der Waals surface area contributed by atoms with Crippen LogP contribution < -0.4 is 0 Å². The standard InChI is InChI=1S/C58H104O6/c1-4-7-10-13-16-18-20-22-24-25-26-27-28-29-30-31-32-33-35-36-38-40-42-45-48-51-57(60)63-54-55(53-62-56(59)50-47-44-15-12-9-6-3)64-58(61)52-49-46-43-41-39-37-34-23-21-19-17-14-11-8-5-2/h8,11,17,19,23,34,39,41,55H,4-7,9-10,12-16,18,20-22,24-33,35-38,40,42-54H2,1-3H3/b11-8-,19-17-,34-23-,41-39-. The predicted octanol–water partition coefficient (Wildman–Crippen LogP) is 18.3. The first-order valence-corrected chi connectivity index (χ1v) is 27.6. The summed E-state index contributed by atoms with van der Waals surface area (Å²) >= 11 is 0. The molecule has 0 amide bonds. The minimum absolute atomic E-state index is 0.0870. The molecule has 0 aliphatic rings. The van der Waals surface area contributed by atoms with Crippen LogP contribution in [0.5, 0.6) is 0 Å². The molecular weight excluding hydrogens is 793 g/mol. The van der Waals surface area contributed by atoms with Gasteiger partial charge < -0.3 is 14.2 Å². The smallest absolute Gasteiger partial charge is 0.306 e. The molecule has 0 fully saturated rings. The molecule has 0 aromatic rings. The Morgan fingerprint density at radius 2 is 0.609 bits per heavy atom. The molecule has 0 heterocycles. The monoisotopic (exact) mass is 897 g/mol. The SMILES string of the molecule is CC/C=C\C/C=C\C/C=C\C/C=C\CCCCC(=O)OC(COC(=O)CCCCCCCC)COC(=O)CCCCCCCCCCCCCCCCCCCCCCCCCCC. The van der Waals surface area contributed by atoms with Crippen LogP contribution in [-0.4, -0.2) is 37.2 Å². The molecule has 64 heavy (non-hydrogen) atoms. The van der Waals surface area contributed by atoms with Crippen molar-refractivity contribution in [3.63, 3.8) is 0 Å². The summed E-state index contributed by atoms with van der Waals surface area (Å²) in [6, 6.07) is 0. The fourth-order valence-corrected chi connectivity index (χ4v) is 7.96. The van der Waals surface area contributed by atoms with Crippen LogP contribution in [0.15, 0.2) is 48.6 Å². The van der Waals surface area contributed by atoms with Crippen LogP contribution in [-0.2, 0) is 28.6 Å². The van der Waals surface area contributed by atoms with Gasteiger partial charge in [-0.25, -0.2) is 0 Å². The second-order valence-corrected chi connectivity index (χ2v) is 18.5. The Hall–Kier alpha value is -2.63. The van der Waals surface area contributed by atoms with E-state index in [9.17, 15) is 14.4 Å². The Morgan fingerprint density at radius 1 is 0.328 bits per heavy atom. The Bertz CT molecular complexity index is 1120. The Balaban J connectivity index is 4.10. The van der Waals surface area contributed by atoms with E-state index in [0.29, 0.717) is 19.3 Å². The zero-order valence-electron chi connectivity index (χ0n) is 42.6. The third kappa shape index (κ3) is 50.4. The summed E-state index contributed by atoms with van der Waals surface area (Å²) in [5.41, 5.74) is 0.